The second kappa shape index (κ2) is 20.1. The number of rotatable bonds is 18. The Morgan fingerprint density at radius 1 is 0.544 bits per heavy atom. The van der Waals surface area contributed by atoms with Crippen LogP contribution in [0, 0.1) is 32.6 Å². The Labute approximate surface area is 336 Å². The van der Waals surface area contributed by atoms with Gasteiger partial charge in [-0.2, -0.15) is 0 Å². The number of esters is 3. The van der Waals surface area contributed by atoms with Gasteiger partial charge in [-0.25, -0.2) is 15.0 Å². The average molecular weight is 780 g/mol. The number of phenols is 3. The summed E-state index contributed by atoms with van der Waals surface area (Å²) in [5.74, 6) is -3.26. The first kappa shape index (κ1) is 44.3. The van der Waals surface area contributed by atoms with Crippen LogP contribution in [0.4, 0.5) is 0 Å². The van der Waals surface area contributed by atoms with E-state index < -0.39 is 11.8 Å². The first-order valence-corrected chi connectivity index (χ1v) is 19.9. The van der Waals surface area contributed by atoms with E-state index in [4.69, 9.17) is 22.1 Å². The van der Waals surface area contributed by atoms with Crippen LogP contribution in [0.15, 0.2) is 36.4 Å². The van der Waals surface area contributed by atoms with Crippen molar-refractivity contribution in [2.75, 3.05) is 0 Å². The first-order chi connectivity index (χ1) is 27.2. The summed E-state index contributed by atoms with van der Waals surface area (Å²) in [5.41, 5.74) is 1.22. The quantitative estimate of drug-likeness (QED) is 0.0496. The molecule has 0 aliphatic carbocycles. The predicted octanol–water partition coefficient (Wildman–Crippen LogP) is 9.43. The Morgan fingerprint density at radius 3 is 1.14 bits per heavy atom. The van der Waals surface area contributed by atoms with Crippen molar-refractivity contribution in [3.8, 4) is 68.7 Å². The molecule has 0 aliphatic heterocycles. The Kier molecular flexibility index (Phi) is 15.6. The van der Waals surface area contributed by atoms with Gasteiger partial charge in [0.2, 0.25) is 0 Å². The maximum Gasteiger partial charge on any atom is 0.314 e. The van der Waals surface area contributed by atoms with E-state index in [2.05, 4.69) is 28.8 Å². The van der Waals surface area contributed by atoms with Crippen molar-refractivity contribution in [1.29, 1.82) is 0 Å². The number of hydrogen-bond acceptors (Lipinski definition) is 12. The smallest absolute Gasteiger partial charge is 0.314 e. The number of aromatic nitrogens is 3. The van der Waals surface area contributed by atoms with Crippen LogP contribution in [0.2, 0.25) is 5.82 Å². The van der Waals surface area contributed by atoms with Gasteiger partial charge in [-0.15, -0.1) is 0 Å². The lowest BCUT2D eigenvalue weighted by Gasteiger charge is -2.18. The summed E-state index contributed by atoms with van der Waals surface area (Å²) in [5, 5.41) is 34.5. The Hall–Kier alpha value is -5.46. The number of benzene rings is 3. The van der Waals surface area contributed by atoms with Crippen LogP contribution in [0.3, 0.4) is 0 Å². The molecule has 1 heterocycles. The molecular weight excluding hydrogens is 725 g/mol. The molecule has 3 N–H and O–H groups in total. The zero-order valence-corrected chi connectivity index (χ0v) is 34.3. The minimum absolute atomic E-state index is 0.0291. The van der Waals surface area contributed by atoms with Crippen LogP contribution < -0.4 is 14.2 Å². The van der Waals surface area contributed by atoms with Crippen molar-refractivity contribution in [3.05, 3.63) is 53.1 Å². The molecule has 57 heavy (non-hydrogen) atoms. The number of nitrogens with zero attached hydrogens (tertiary/aromatic N) is 3. The fraction of sp³-hybridized carbons (Fsp3) is 0.455. The van der Waals surface area contributed by atoms with Crippen molar-refractivity contribution in [1.82, 2.24) is 15.0 Å². The summed E-state index contributed by atoms with van der Waals surface area (Å²) in [6.07, 6.45) is 6.66. The third-order valence-corrected chi connectivity index (χ3v) is 10.3. The molecule has 0 amide bonds. The van der Waals surface area contributed by atoms with Gasteiger partial charge in [0, 0.05) is 22.5 Å². The number of carbonyl (C=O) groups is 3. The van der Waals surface area contributed by atoms with Gasteiger partial charge in [-0.05, 0) is 82.9 Å². The summed E-state index contributed by atoms with van der Waals surface area (Å²) in [6, 6.07) is 9.09. The normalized spacial score (nSPS) is 12.8. The first-order valence-electron chi connectivity index (χ1n) is 19.9. The van der Waals surface area contributed by atoms with Gasteiger partial charge >= 0.3 is 17.9 Å². The Balaban J connectivity index is 1.85. The monoisotopic (exact) mass is 779 g/mol. The Morgan fingerprint density at radius 2 is 0.860 bits per heavy atom. The second-order valence-corrected chi connectivity index (χ2v) is 14.3. The molecule has 0 fully saturated rings. The van der Waals surface area contributed by atoms with E-state index in [1.807, 2.05) is 13.8 Å². The molecule has 0 saturated carbocycles. The molecule has 4 aromatic rings. The van der Waals surface area contributed by atoms with Gasteiger partial charge in [0.25, 0.3) is 0 Å². The highest BCUT2D eigenvalue weighted by Crippen LogP contribution is 2.42. The zero-order valence-electron chi connectivity index (χ0n) is 34.3. The molecule has 3 aromatic carbocycles. The number of hydrogen-bond donors (Lipinski definition) is 3. The van der Waals surface area contributed by atoms with Crippen LogP contribution >= 0.6 is 0 Å². The van der Waals surface area contributed by atoms with Gasteiger partial charge in [0.1, 0.15) is 34.5 Å². The van der Waals surface area contributed by atoms with E-state index in [-0.39, 0.29) is 109 Å². The molecule has 0 saturated heterocycles. The maximum atomic E-state index is 13.0. The van der Waals surface area contributed by atoms with E-state index in [1.165, 1.54) is 24.3 Å². The van der Waals surface area contributed by atoms with Crippen molar-refractivity contribution in [3.63, 3.8) is 0 Å². The van der Waals surface area contributed by atoms with E-state index in [0.717, 1.165) is 25.7 Å². The summed E-state index contributed by atoms with van der Waals surface area (Å²) in [7, 11) is 5.85. The molecule has 13 heteroatoms. The highest BCUT2D eigenvalue weighted by atomic mass is 16.5. The van der Waals surface area contributed by atoms with Crippen LogP contribution in [0.5, 0.6) is 34.5 Å². The number of aromatic hydroxyl groups is 3. The highest BCUT2D eigenvalue weighted by Gasteiger charge is 2.26. The van der Waals surface area contributed by atoms with Crippen LogP contribution in [-0.4, -0.2) is 56.0 Å². The minimum Gasteiger partial charge on any atom is -0.507 e. The zero-order chi connectivity index (χ0) is 42.0. The van der Waals surface area contributed by atoms with E-state index in [0.29, 0.717) is 32.1 Å². The van der Waals surface area contributed by atoms with Gasteiger partial charge < -0.3 is 29.5 Å². The van der Waals surface area contributed by atoms with Crippen molar-refractivity contribution >= 4 is 25.8 Å². The van der Waals surface area contributed by atoms with Crippen LogP contribution in [-0.2, 0) is 14.4 Å². The largest absolute Gasteiger partial charge is 0.507 e. The molecule has 0 bridgehead atoms. The molecule has 12 nitrogen and oxygen atoms in total. The standard InChI is InChI=1S/C44H54BN3O9/c1-9-14-16-27(11-3)42(52)55-33-21-18-29(36(49)24(33)6)39-46-40(30-19-22-34(25(7)37(30)50)56-43(53)28(12-4)17-15-10-2)48-41(47-39)31-20-23-35(26(8)38(31)51)57-44(54)32(45)13-5/h18-23,27-28,32,49-51H,9-17H2,1-8H3. The number of ether oxygens (including phenoxy) is 3. The summed E-state index contributed by atoms with van der Waals surface area (Å²) in [6.45, 7) is 14.5. The fourth-order valence-electron chi connectivity index (χ4n) is 6.27. The lowest BCUT2D eigenvalue weighted by molar-refractivity contribution is -0.140. The van der Waals surface area contributed by atoms with Crippen molar-refractivity contribution in [2.45, 2.75) is 119 Å². The molecule has 4 rings (SSSR count). The molecule has 0 aliphatic rings. The summed E-state index contributed by atoms with van der Waals surface area (Å²) >= 11 is 0. The minimum atomic E-state index is -0.847. The average Bonchev–Trinajstić information content (AvgIpc) is 3.20. The molecule has 0 spiro atoms. The van der Waals surface area contributed by atoms with Crippen molar-refractivity contribution < 1.29 is 43.9 Å². The van der Waals surface area contributed by atoms with E-state index >= 15 is 0 Å². The van der Waals surface area contributed by atoms with E-state index in [1.54, 1.807) is 39.8 Å². The van der Waals surface area contributed by atoms with Gasteiger partial charge in [-0.1, -0.05) is 66.7 Å². The lowest BCUT2D eigenvalue weighted by atomic mass is 9.85. The lowest BCUT2D eigenvalue weighted by Crippen LogP contribution is -2.20. The Bertz CT molecular complexity index is 1980. The summed E-state index contributed by atoms with van der Waals surface area (Å²) in [4.78, 5) is 52.5. The van der Waals surface area contributed by atoms with Gasteiger partial charge in [0.15, 0.2) is 17.5 Å². The van der Waals surface area contributed by atoms with Crippen molar-refractivity contribution in [2.24, 2.45) is 11.8 Å². The van der Waals surface area contributed by atoms with Gasteiger partial charge in [0.05, 0.1) is 36.4 Å². The number of unbranched alkanes of at least 4 members (excludes halogenated alkanes) is 2. The van der Waals surface area contributed by atoms with Crippen LogP contribution in [0.1, 0.15) is 109 Å². The number of phenolic OH excluding ortho intramolecular Hbond substituents is 3. The third-order valence-electron chi connectivity index (χ3n) is 10.3. The molecule has 302 valence electrons. The summed E-state index contributed by atoms with van der Waals surface area (Å²) < 4.78 is 17.0. The van der Waals surface area contributed by atoms with Gasteiger partial charge in [-0.3, -0.25) is 14.4 Å². The highest BCUT2D eigenvalue weighted by molar-refractivity contribution is 6.22. The predicted molar refractivity (Wildman–Crippen MR) is 219 cm³/mol. The third kappa shape index (κ3) is 10.3. The topological polar surface area (TPSA) is 178 Å². The van der Waals surface area contributed by atoms with E-state index in [9.17, 15) is 29.7 Å². The SMILES string of the molecule is [B]C(CC)C(=O)Oc1ccc(-c2nc(-c3ccc(OC(=O)C(CC)CCCC)c(C)c3O)nc(-c3ccc(OC(=O)C(CC)CCCC)c(C)c3O)n2)c(O)c1C. The van der Waals surface area contributed by atoms with Crippen LogP contribution in [0.25, 0.3) is 34.2 Å². The second-order valence-electron chi connectivity index (χ2n) is 14.3. The maximum absolute atomic E-state index is 13.0. The molecular formula is C44H54BN3O9. The molecule has 2 radical (unpaired) electrons. The molecule has 3 unspecified atom stereocenters. The number of carbonyl (C=O) groups excluding carboxylic acids is 3. The fourth-order valence-corrected chi connectivity index (χ4v) is 6.27. The molecule has 1 aromatic heterocycles. The molecule has 3 atom stereocenters.